The Labute approximate surface area is 127 Å². The molecule has 2 aromatic rings. The molecule has 0 saturated carbocycles. The molecular formula is C13H9BrN2O5. The molecule has 1 heterocycles. The van der Waals surface area contributed by atoms with E-state index in [0.29, 0.717) is 10.0 Å². The van der Waals surface area contributed by atoms with E-state index in [1.807, 2.05) is 0 Å². The highest BCUT2D eigenvalue weighted by Gasteiger charge is 2.13. The number of hydrogen-bond acceptors (Lipinski definition) is 5. The number of nitro groups is 1. The highest BCUT2D eigenvalue weighted by molar-refractivity contribution is 9.10. The highest BCUT2D eigenvalue weighted by Crippen LogP contribution is 2.25. The van der Waals surface area contributed by atoms with Crippen molar-refractivity contribution in [1.29, 1.82) is 0 Å². The monoisotopic (exact) mass is 352 g/mol. The number of halogens is 1. The van der Waals surface area contributed by atoms with Crippen LogP contribution in [-0.2, 0) is 6.61 Å². The largest absolute Gasteiger partial charge is 0.486 e. The summed E-state index contributed by atoms with van der Waals surface area (Å²) >= 11 is 3.22. The van der Waals surface area contributed by atoms with Crippen molar-refractivity contribution in [2.75, 3.05) is 0 Å². The van der Waals surface area contributed by atoms with Gasteiger partial charge in [0.15, 0.2) is 5.75 Å². The predicted octanol–water partition coefficient (Wildman–Crippen LogP) is 3.03. The summed E-state index contributed by atoms with van der Waals surface area (Å²) in [7, 11) is 0. The fourth-order valence-corrected chi connectivity index (χ4v) is 2.08. The molecule has 108 valence electrons. The first-order valence-corrected chi connectivity index (χ1v) is 6.51. The Morgan fingerprint density at radius 2 is 2.19 bits per heavy atom. The van der Waals surface area contributed by atoms with Crippen molar-refractivity contribution < 1.29 is 19.6 Å². The molecule has 0 aliphatic heterocycles. The number of aromatic carboxylic acids is 1. The zero-order valence-corrected chi connectivity index (χ0v) is 12.1. The van der Waals surface area contributed by atoms with E-state index in [2.05, 4.69) is 20.9 Å². The first-order chi connectivity index (χ1) is 9.99. The molecule has 1 aromatic carbocycles. The summed E-state index contributed by atoms with van der Waals surface area (Å²) in [5.74, 6) is -0.981. The molecule has 7 nitrogen and oxygen atoms in total. The average molecular weight is 353 g/mol. The topological polar surface area (TPSA) is 103 Å². The van der Waals surface area contributed by atoms with Gasteiger partial charge in [-0.15, -0.1) is 0 Å². The third-order valence-corrected chi connectivity index (χ3v) is 3.38. The van der Waals surface area contributed by atoms with Crippen LogP contribution in [0, 0.1) is 10.1 Å². The van der Waals surface area contributed by atoms with E-state index in [-0.39, 0.29) is 23.6 Å². The van der Waals surface area contributed by atoms with E-state index < -0.39 is 10.9 Å². The second-order valence-electron chi connectivity index (χ2n) is 4.00. The van der Waals surface area contributed by atoms with Crippen LogP contribution in [0.1, 0.15) is 15.9 Å². The molecule has 0 bridgehead atoms. The summed E-state index contributed by atoms with van der Waals surface area (Å²) in [6.07, 6.45) is 2.67. The summed E-state index contributed by atoms with van der Waals surface area (Å²) in [6, 6.07) is 5.59. The average Bonchev–Trinajstić information content (AvgIpc) is 2.46. The van der Waals surface area contributed by atoms with E-state index in [1.165, 1.54) is 30.6 Å². The van der Waals surface area contributed by atoms with Crippen molar-refractivity contribution in [3.05, 3.63) is 62.4 Å². The second kappa shape index (κ2) is 6.31. The molecular weight excluding hydrogens is 344 g/mol. The van der Waals surface area contributed by atoms with Crippen LogP contribution in [0.15, 0.2) is 41.1 Å². The van der Waals surface area contributed by atoms with E-state index >= 15 is 0 Å². The summed E-state index contributed by atoms with van der Waals surface area (Å²) in [4.78, 5) is 25.0. The van der Waals surface area contributed by atoms with E-state index in [0.717, 1.165) is 0 Å². The van der Waals surface area contributed by atoms with Crippen molar-refractivity contribution in [3.63, 3.8) is 0 Å². The van der Waals surface area contributed by atoms with Crippen LogP contribution >= 0.6 is 15.9 Å². The number of nitrogens with zero attached hydrogens (tertiary/aromatic N) is 2. The van der Waals surface area contributed by atoms with Crippen molar-refractivity contribution in [1.82, 2.24) is 4.98 Å². The maximum atomic E-state index is 11.0. The maximum absolute atomic E-state index is 11.0. The van der Waals surface area contributed by atoms with Gasteiger partial charge in [-0.05, 0) is 12.1 Å². The second-order valence-corrected chi connectivity index (χ2v) is 4.85. The lowest BCUT2D eigenvalue weighted by atomic mass is 10.2. The van der Waals surface area contributed by atoms with Gasteiger partial charge in [-0.25, -0.2) is 4.79 Å². The lowest BCUT2D eigenvalue weighted by molar-refractivity contribution is -0.384. The minimum absolute atomic E-state index is 0.00281. The fraction of sp³-hybridized carbons (Fsp3) is 0.0769. The van der Waals surface area contributed by atoms with Crippen molar-refractivity contribution in [3.8, 4) is 5.75 Å². The normalized spacial score (nSPS) is 10.1. The molecule has 0 aliphatic carbocycles. The van der Waals surface area contributed by atoms with Crippen LogP contribution in [0.5, 0.6) is 5.75 Å². The molecule has 1 aromatic heterocycles. The van der Waals surface area contributed by atoms with Gasteiger partial charge in [0.2, 0.25) is 0 Å². The Kier molecular flexibility index (Phi) is 4.49. The van der Waals surface area contributed by atoms with Gasteiger partial charge in [0, 0.05) is 28.4 Å². The maximum Gasteiger partial charge on any atom is 0.339 e. The molecule has 0 fully saturated rings. The number of nitro benzene ring substituents is 1. The molecule has 1 N–H and O–H groups in total. The van der Waals surface area contributed by atoms with Gasteiger partial charge < -0.3 is 9.84 Å². The van der Waals surface area contributed by atoms with Crippen molar-refractivity contribution in [2.24, 2.45) is 0 Å². The Bertz CT molecular complexity index is 705. The number of non-ortho nitro benzene ring substituents is 1. The van der Waals surface area contributed by atoms with Gasteiger partial charge in [-0.1, -0.05) is 15.9 Å². The van der Waals surface area contributed by atoms with Crippen LogP contribution in [0.4, 0.5) is 5.69 Å². The number of pyridine rings is 1. The summed E-state index contributed by atoms with van der Waals surface area (Å²) < 4.78 is 5.93. The number of hydrogen-bond donors (Lipinski definition) is 1. The van der Waals surface area contributed by atoms with E-state index in [1.54, 1.807) is 6.07 Å². The predicted molar refractivity (Wildman–Crippen MR) is 76.3 cm³/mol. The van der Waals surface area contributed by atoms with Gasteiger partial charge in [0.05, 0.1) is 11.1 Å². The number of carbonyl (C=O) groups is 1. The molecule has 0 aliphatic rings. The Morgan fingerprint density at radius 1 is 1.43 bits per heavy atom. The van der Waals surface area contributed by atoms with Crippen molar-refractivity contribution in [2.45, 2.75) is 6.61 Å². The third kappa shape index (κ3) is 3.54. The first-order valence-electron chi connectivity index (χ1n) is 5.72. The molecule has 0 atom stereocenters. The molecule has 0 radical (unpaired) electrons. The smallest absolute Gasteiger partial charge is 0.339 e. The number of ether oxygens (including phenoxy) is 1. The summed E-state index contributed by atoms with van der Waals surface area (Å²) in [5, 5.41) is 19.7. The molecule has 0 unspecified atom stereocenters. The van der Waals surface area contributed by atoms with Crippen LogP contribution in [0.25, 0.3) is 0 Å². The van der Waals surface area contributed by atoms with Gasteiger partial charge in [-0.2, -0.15) is 0 Å². The fourth-order valence-electron chi connectivity index (χ4n) is 1.59. The lowest BCUT2D eigenvalue weighted by Gasteiger charge is -2.09. The number of benzene rings is 1. The van der Waals surface area contributed by atoms with Crippen LogP contribution in [0.3, 0.4) is 0 Å². The minimum Gasteiger partial charge on any atom is -0.486 e. The Balaban J connectivity index is 2.17. The van der Waals surface area contributed by atoms with Gasteiger partial charge in [-0.3, -0.25) is 15.1 Å². The molecule has 21 heavy (non-hydrogen) atoms. The lowest BCUT2D eigenvalue weighted by Crippen LogP contribution is -2.04. The molecule has 0 spiro atoms. The Hall–Kier alpha value is -2.48. The molecule has 8 heteroatoms. The first kappa shape index (κ1) is 14.9. The Morgan fingerprint density at radius 3 is 2.81 bits per heavy atom. The quantitative estimate of drug-likeness (QED) is 0.655. The van der Waals surface area contributed by atoms with Crippen LogP contribution in [0.2, 0.25) is 0 Å². The number of rotatable bonds is 5. The number of carboxylic acids is 1. The van der Waals surface area contributed by atoms with Crippen LogP contribution in [-0.4, -0.2) is 21.0 Å². The van der Waals surface area contributed by atoms with Crippen LogP contribution < -0.4 is 4.74 Å². The number of aromatic nitrogens is 1. The molecule has 0 amide bonds. The van der Waals surface area contributed by atoms with Gasteiger partial charge >= 0.3 is 5.97 Å². The minimum atomic E-state index is -1.12. The standard InChI is InChI=1S/C13H9BrN2O5/c14-11-5-9(16(19)20)2-1-8(11)7-21-12-6-15-4-3-10(12)13(17)18/h1-6H,7H2,(H,17,18). The van der Waals surface area contributed by atoms with E-state index in [4.69, 9.17) is 9.84 Å². The SMILES string of the molecule is O=C(O)c1ccncc1OCc1ccc([N+](=O)[O-])cc1Br. The summed E-state index contributed by atoms with van der Waals surface area (Å²) in [6.45, 7) is 0.0601. The molecule has 0 saturated heterocycles. The molecule has 2 rings (SSSR count). The highest BCUT2D eigenvalue weighted by atomic mass is 79.9. The number of carboxylic acid groups (broad SMARTS) is 1. The van der Waals surface area contributed by atoms with E-state index in [9.17, 15) is 14.9 Å². The van der Waals surface area contributed by atoms with Gasteiger partial charge in [0.1, 0.15) is 12.2 Å². The zero-order chi connectivity index (χ0) is 15.4. The summed E-state index contributed by atoms with van der Waals surface area (Å²) in [5.41, 5.74) is 0.613. The third-order valence-electron chi connectivity index (χ3n) is 2.65. The van der Waals surface area contributed by atoms with Crippen molar-refractivity contribution >= 4 is 27.6 Å². The zero-order valence-electron chi connectivity index (χ0n) is 10.5. The van der Waals surface area contributed by atoms with Gasteiger partial charge in [0.25, 0.3) is 5.69 Å².